The molecule has 3 nitrogen and oxygen atoms in total. The van der Waals surface area contributed by atoms with Gasteiger partial charge in [-0.1, -0.05) is 0 Å². The van der Waals surface area contributed by atoms with Crippen molar-refractivity contribution in [3.8, 4) is 0 Å². The summed E-state index contributed by atoms with van der Waals surface area (Å²) in [6.07, 6.45) is 0. The number of hydrogen-bond donors (Lipinski definition) is 1. The Morgan fingerprint density at radius 3 is 2.17 bits per heavy atom. The molecule has 0 bridgehead atoms. The Labute approximate surface area is 38.6 Å². The van der Waals surface area contributed by atoms with Gasteiger partial charge < -0.3 is 0 Å². The van der Waals surface area contributed by atoms with Crippen molar-refractivity contribution in [3.05, 3.63) is 0 Å². The lowest BCUT2D eigenvalue weighted by Gasteiger charge is -2.00. The Morgan fingerprint density at radius 1 is 1.67 bits per heavy atom. The van der Waals surface area contributed by atoms with Gasteiger partial charge in [0.05, 0.1) is 0 Å². The monoisotopic (exact) mass is 106 g/mol. The van der Waals surface area contributed by atoms with Crippen LogP contribution in [0, 0.1) is 0 Å². The predicted octanol–water partition coefficient (Wildman–Crippen LogP) is 0.259. The van der Waals surface area contributed by atoms with E-state index in [1.807, 2.05) is 0 Å². The van der Waals surface area contributed by atoms with Crippen LogP contribution in [0.15, 0.2) is 0 Å². The fourth-order valence-corrected chi connectivity index (χ4v) is 0.245. The molecule has 0 amide bonds. The van der Waals surface area contributed by atoms with Gasteiger partial charge in [0.1, 0.15) is 0 Å². The SMILES string of the molecule is CN(C)NP=O. The first-order chi connectivity index (χ1) is 2.77. The van der Waals surface area contributed by atoms with Gasteiger partial charge in [0.2, 0.25) is 0 Å². The maximum Gasteiger partial charge on any atom is 0.261 e. The van der Waals surface area contributed by atoms with Crippen LogP contribution in [0.4, 0.5) is 0 Å². The van der Waals surface area contributed by atoms with E-state index in [9.17, 15) is 4.57 Å². The standard InChI is InChI=1S/C2H7N2OP/c1-4(2)3-6-5/h1-2H3,(H,3,5). The van der Waals surface area contributed by atoms with Gasteiger partial charge in [0.15, 0.2) is 0 Å². The third-order valence-corrected chi connectivity index (χ3v) is 0.722. The van der Waals surface area contributed by atoms with E-state index >= 15 is 0 Å². The number of hydrazine groups is 1. The molecule has 36 valence electrons. The summed E-state index contributed by atoms with van der Waals surface area (Å²) < 4.78 is 9.56. The zero-order chi connectivity index (χ0) is 4.99. The molecule has 0 radical (unpaired) electrons. The van der Waals surface area contributed by atoms with Crippen LogP contribution in [0.2, 0.25) is 0 Å². The Balaban J connectivity index is 2.81. The maximum atomic E-state index is 9.56. The molecular formula is C2H7N2OP. The van der Waals surface area contributed by atoms with E-state index in [0.29, 0.717) is 0 Å². The Hall–Kier alpha value is 0.0200. The molecule has 4 heteroatoms. The average molecular weight is 106 g/mol. The number of nitrogens with one attached hydrogen (secondary N) is 1. The van der Waals surface area contributed by atoms with Gasteiger partial charge >= 0.3 is 0 Å². The average Bonchev–Trinajstić information content (AvgIpc) is 1.35. The van der Waals surface area contributed by atoms with Gasteiger partial charge in [-0.25, -0.2) is 5.01 Å². The van der Waals surface area contributed by atoms with Crippen LogP contribution in [0.25, 0.3) is 0 Å². The van der Waals surface area contributed by atoms with Crippen LogP contribution in [-0.4, -0.2) is 19.1 Å². The lowest BCUT2D eigenvalue weighted by Crippen LogP contribution is -2.20. The van der Waals surface area contributed by atoms with Gasteiger partial charge in [-0.2, -0.15) is 5.20 Å². The molecule has 0 aromatic rings. The quantitative estimate of drug-likeness (QED) is 0.404. The van der Waals surface area contributed by atoms with Crippen LogP contribution in [0.3, 0.4) is 0 Å². The van der Waals surface area contributed by atoms with Crippen molar-refractivity contribution in [2.24, 2.45) is 0 Å². The molecule has 0 saturated carbocycles. The van der Waals surface area contributed by atoms with Crippen molar-refractivity contribution in [2.45, 2.75) is 0 Å². The van der Waals surface area contributed by atoms with Crippen molar-refractivity contribution >= 4 is 8.61 Å². The van der Waals surface area contributed by atoms with Gasteiger partial charge in [0.25, 0.3) is 8.61 Å². The molecule has 1 N–H and O–H groups in total. The number of hydrogen-bond acceptors (Lipinski definition) is 2. The van der Waals surface area contributed by atoms with Crippen LogP contribution in [-0.2, 0) is 4.57 Å². The van der Waals surface area contributed by atoms with Crippen molar-refractivity contribution in [2.75, 3.05) is 14.1 Å². The molecule has 0 atom stereocenters. The molecular weight excluding hydrogens is 99.0 g/mol. The smallest absolute Gasteiger partial charge is 0.255 e. The van der Waals surface area contributed by atoms with Crippen LogP contribution < -0.4 is 5.20 Å². The molecule has 0 spiro atoms. The van der Waals surface area contributed by atoms with Crippen molar-refractivity contribution < 1.29 is 4.57 Å². The molecule has 0 rings (SSSR count). The largest absolute Gasteiger partial charge is 0.261 e. The highest BCUT2D eigenvalue weighted by Gasteiger charge is 1.77. The van der Waals surface area contributed by atoms with Gasteiger partial charge in [-0.3, -0.25) is 4.57 Å². The van der Waals surface area contributed by atoms with E-state index in [4.69, 9.17) is 0 Å². The summed E-state index contributed by atoms with van der Waals surface area (Å²) in [5, 5.41) is 4.06. The summed E-state index contributed by atoms with van der Waals surface area (Å²) >= 11 is 0. The Morgan fingerprint density at radius 2 is 2.17 bits per heavy atom. The minimum absolute atomic E-state index is 0.0502. The molecule has 0 aliphatic heterocycles. The summed E-state index contributed by atoms with van der Waals surface area (Å²) in [6.45, 7) is 0. The van der Waals surface area contributed by atoms with E-state index in [0.717, 1.165) is 0 Å². The highest BCUT2D eigenvalue weighted by Crippen LogP contribution is 1.77. The van der Waals surface area contributed by atoms with Crippen LogP contribution in [0.1, 0.15) is 0 Å². The molecule has 0 heterocycles. The summed E-state index contributed by atoms with van der Waals surface area (Å²) in [4.78, 5) is 0. The lowest BCUT2D eigenvalue weighted by molar-refractivity contribution is 0.374. The summed E-state index contributed by atoms with van der Waals surface area (Å²) in [6, 6.07) is 0. The first-order valence-electron chi connectivity index (χ1n) is 1.52. The Kier molecular flexibility index (Phi) is 3.23. The van der Waals surface area contributed by atoms with E-state index < -0.39 is 0 Å². The third kappa shape index (κ3) is 4.02. The van der Waals surface area contributed by atoms with Gasteiger partial charge in [-0.05, 0) is 0 Å². The van der Waals surface area contributed by atoms with E-state index in [1.165, 1.54) is 0 Å². The highest BCUT2D eigenvalue weighted by atomic mass is 31.1. The fraction of sp³-hybridized carbons (Fsp3) is 1.00. The predicted molar refractivity (Wildman–Crippen MR) is 24.4 cm³/mol. The molecule has 0 fully saturated rings. The first-order valence-corrected chi connectivity index (χ1v) is 2.34. The zero-order valence-corrected chi connectivity index (χ0v) is 4.70. The van der Waals surface area contributed by atoms with Gasteiger partial charge in [-0.15, -0.1) is 0 Å². The minimum Gasteiger partial charge on any atom is -0.255 e. The van der Waals surface area contributed by atoms with Crippen molar-refractivity contribution in [1.82, 2.24) is 10.2 Å². The van der Waals surface area contributed by atoms with E-state index in [2.05, 4.69) is 5.20 Å². The highest BCUT2D eigenvalue weighted by molar-refractivity contribution is 7.20. The lowest BCUT2D eigenvalue weighted by atomic mass is 11.2. The summed E-state index contributed by atoms with van der Waals surface area (Å²) in [5.41, 5.74) is 0. The molecule has 0 saturated heterocycles. The number of rotatable bonds is 2. The third-order valence-electron chi connectivity index (χ3n) is 0.241. The number of nitrogens with zero attached hydrogens (tertiary/aromatic N) is 1. The second-order valence-corrected chi connectivity index (χ2v) is 1.47. The molecule has 0 aromatic heterocycles. The second kappa shape index (κ2) is 3.22. The summed E-state index contributed by atoms with van der Waals surface area (Å²) in [5.74, 6) is 0. The Bertz CT molecular complexity index is 46.8. The molecule has 0 aliphatic carbocycles. The molecule has 0 aromatic carbocycles. The second-order valence-electron chi connectivity index (χ2n) is 1.09. The van der Waals surface area contributed by atoms with Crippen LogP contribution in [0.5, 0.6) is 0 Å². The topological polar surface area (TPSA) is 32.3 Å². The molecule has 0 aliphatic rings. The normalized spacial score (nSPS) is 10.5. The fourth-order valence-electron chi connectivity index (χ4n) is 0.0816. The minimum atomic E-state index is -0.0502. The molecule has 6 heavy (non-hydrogen) atoms. The first kappa shape index (κ1) is 6.02. The molecule has 0 unspecified atom stereocenters. The zero-order valence-electron chi connectivity index (χ0n) is 3.80. The van der Waals surface area contributed by atoms with E-state index in [1.54, 1.807) is 19.1 Å². The van der Waals surface area contributed by atoms with Gasteiger partial charge in [0, 0.05) is 14.1 Å². The van der Waals surface area contributed by atoms with Crippen LogP contribution >= 0.6 is 8.61 Å². The maximum absolute atomic E-state index is 9.56. The van der Waals surface area contributed by atoms with Crippen molar-refractivity contribution in [1.29, 1.82) is 0 Å². The summed E-state index contributed by atoms with van der Waals surface area (Å²) in [7, 11) is 3.49. The van der Waals surface area contributed by atoms with Crippen molar-refractivity contribution in [3.63, 3.8) is 0 Å². The van der Waals surface area contributed by atoms with E-state index in [-0.39, 0.29) is 8.61 Å².